The number of benzene rings is 1. The van der Waals surface area contributed by atoms with E-state index in [0.29, 0.717) is 13.1 Å². The van der Waals surface area contributed by atoms with E-state index in [1.807, 2.05) is 12.1 Å². The van der Waals surface area contributed by atoms with E-state index in [2.05, 4.69) is 15.0 Å². The van der Waals surface area contributed by atoms with Gasteiger partial charge in [-0.15, -0.1) is 13.2 Å². The number of nitrogens with one attached hydrogen (secondary N) is 1. The van der Waals surface area contributed by atoms with Crippen molar-refractivity contribution >= 4 is 6.03 Å². The van der Waals surface area contributed by atoms with Crippen molar-refractivity contribution in [3.05, 3.63) is 59.9 Å². The molecule has 2 heterocycles. The maximum Gasteiger partial charge on any atom is 0.573 e. The molecule has 1 aromatic carbocycles. The first kappa shape index (κ1) is 18.0. The number of nitrogens with zero attached hydrogens (tertiary/aromatic N) is 2. The van der Waals surface area contributed by atoms with Gasteiger partial charge in [0, 0.05) is 43.5 Å². The number of carbonyl (C=O) groups excluding carboxylic acids is 1. The molecule has 1 unspecified atom stereocenters. The number of urea groups is 1. The molecule has 5 nitrogen and oxygen atoms in total. The van der Waals surface area contributed by atoms with Crippen molar-refractivity contribution < 1.29 is 22.7 Å². The Hall–Kier alpha value is -2.77. The molecule has 0 bridgehead atoms. The van der Waals surface area contributed by atoms with E-state index in [-0.39, 0.29) is 29.8 Å². The van der Waals surface area contributed by atoms with Gasteiger partial charge in [0.25, 0.3) is 0 Å². The first-order valence-electron chi connectivity index (χ1n) is 8.19. The normalized spacial score (nSPS) is 17.2. The zero-order chi connectivity index (χ0) is 18.6. The Balaban J connectivity index is 1.57. The van der Waals surface area contributed by atoms with Crippen LogP contribution in [0.3, 0.4) is 0 Å². The number of hydrogen-bond acceptors (Lipinski definition) is 3. The van der Waals surface area contributed by atoms with Gasteiger partial charge in [-0.1, -0.05) is 18.2 Å². The molecule has 1 atom stereocenters. The fourth-order valence-electron chi connectivity index (χ4n) is 3.01. The lowest BCUT2D eigenvalue weighted by atomic mass is 10.00. The number of amides is 2. The van der Waals surface area contributed by atoms with Gasteiger partial charge in [0.05, 0.1) is 0 Å². The summed E-state index contributed by atoms with van der Waals surface area (Å²) in [5.41, 5.74) is 1.39. The predicted octanol–water partition coefficient (Wildman–Crippen LogP) is 3.68. The topological polar surface area (TPSA) is 54.5 Å². The molecule has 1 N–H and O–H groups in total. The molecule has 2 amide bonds. The van der Waals surface area contributed by atoms with E-state index in [1.165, 1.54) is 18.2 Å². The lowest BCUT2D eigenvalue weighted by Gasteiger charge is -2.19. The van der Waals surface area contributed by atoms with Crippen LogP contribution in [0.25, 0.3) is 0 Å². The molecule has 8 heteroatoms. The van der Waals surface area contributed by atoms with Gasteiger partial charge in [-0.2, -0.15) is 0 Å². The largest absolute Gasteiger partial charge is 0.573 e. The Morgan fingerprint density at radius 1 is 1.23 bits per heavy atom. The molecular weight excluding hydrogens is 347 g/mol. The fraction of sp³-hybridized carbons (Fsp3) is 0.333. The summed E-state index contributed by atoms with van der Waals surface area (Å²) in [7, 11) is 0. The van der Waals surface area contributed by atoms with Gasteiger partial charge >= 0.3 is 12.4 Å². The first-order valence-corrected chi connectivity index (χ1v) is 8.19. The van der Waals surface area contributed by atoms with Gasteiger partial charge in [-0.3, -0.25) is 4.98 Å². The summed E-state index contributed by atoms with van der Waals surface area (Å²) < 4.78 is 41.3. The van der Waals surface area contributed by atoms with Crippen LogP contribution in [-0.4, -0.2) is 35.4 Å². The summed E-state index contributed by atoms with van der Waals surface area (Å²) in [6.07, 6.45) is -0.497. The zero-order valence-electron chi connectivity index (χ0n) is 13.9. The fourth-order valence-corrected chi connectivity index (χ4v) is 3.01. The summed E-state index contributed by atoms with van der Waals surface area (Å²) in [5, 5.41) is 2.67. The van der Waals surface area contributed by atoms with E-state index in [0.717, 1.165) is 12.0 Å². The van der Waals surface area contributed by atoms with Crippen molar-refractivity contribution in [3.63, 3.8) is 0 Å². The van der Waals surface area contributed by atoms with Gasteiger partial charge in [-0.25, -0.2) is 4.79 Å². The van der Waals surface area contributed by atoms with Gasteiger partial charge in [-0.05, 0) is 30.2 Å². The smallest absolute Gasteiger partial charge is 0.405 e. The molecule has 138 valence electrons. The van der Waals surface area contributed by atoms with Crippen LogP contribution in [0.15, 0.2) is 48.8 Å². The number of para-hydroxylation sites is 1. The van der Waals surface area contributed by atoms with Crippen LogP contribution in [-0.2, 0) is 6.54 Å². The highest BCUT2D eigenvalue weighted by atomic mass is 19.4. The van der Waals surface area contributed by atoms with E-state index in [9.17, 15) is 18.0 Å². The maximum absolute atomic E-state index is 12.4. The van der Waals surface area contributed by atoms with Gasteiger partial charge in [0.15, 0.2) is 0 Å². The van der Waals surface area contributed by atoms with Crippen LogP contribution >= 0.6 is 0 Å². The minimum Gasteiger partial charge on any atom is -0.405 e. The van der Waals surface area contributed by atoms with Crippen molar-refractivity contribution in [2.24, 2.45) is 0 Å². The van der Waals surface area contributed by atoms with Crippen molar-refractivity contribution in [1.29, 1.82) is 0 Å². The average molecular weight is 365 g/mol. The summed E-state index contributed by atoms with van der Waals surface area (Å²) in [4.78, 5) is 18.0. The number of ether oxygens (including phenoxy) is 1. The summed E-state index contributed by atoms with van der Waals surface area (Å²) in [6.45, 7) is 1.12. The molecule has 0 aliphatic carbocycles. The van der Waals surface area contributed by atoms with E-state index >= 15 is 0 Å². The Morgan fingerprint density at radius 2 is 1.96 bits per heavy atom. The van der Waals surface area contributed by atoms with Crippen LogP contribution < -0.4 is 10.1 Å². The lowest BCUT2D eigenvalue weighted by molar-refractivity contribution is -0.274. The molecule has 0 spiro atoms. The molecule has 0 saturated carbocycles. The molecule has 1 aromatic heterocycles. The second kappa shape index (κ2) is 7.63. The van der Waals surface area contributed by atoms with Crippen molar-refractivity contribution in [2.75, 3.05) is 13.1 Å². The number of rotatable bonds is 4. The van der Waals surface area contributed by atoms with E-state index in [4.69, 9.17) is 0 Å². The molecule has 0 radical (unpaired) electrons. The molecule has 1 fully saturated rings. The maximum atomic E-state index is 12.4. The zero-order valence-corrected chi connectivity index (χ0v) is 13.9. The number of likely N-dealkylation sites (tertiary alicyclic amines) is 1. The quantitative estimate of drug-likeness (QED) is 0.899. The third-order valence-electron chi connectivity index (χ3n) is 4.28. The molecule has 3 rings (SSSR count). The Bertz CT molecular complexity index is 753. The number of aromatic nitrogens is 1. The SMILES string of the molecule is O=C(NCc1ccccc1OC(F)(F)F)N1CCC(c2ccncc2)C1. The molecule has 26 heavy (non-hydrogen) atoms. The first-order chi connectivity index (χ1) is 12.4. The minimum absolute atomic E-state index is 0.0402. The molecule has 1 aliphatic heterocycles. The number of pyridine rings is 1. The third kappa shape index (κ3) is 4.65. The van der Waals surface area contributed by atoms with Crippen molar-refractivity contribution in [3.8, 4) is 5.75 Å². The van der Waals surface area contributed by atoms with Crippen molar-refractivity contribution in [2.45, 2.75) is 25.2 Å². The number of halogens is 3. The standard InChI is InChI=1S/C18H18F3N3O2/c19-18(20,21)26-16-4-2-1-3-14(16)11-23-17(25)24-10-7-15(12-24)13-5-8-22-9-6-13/h1-6,8-9,15H,7,10-12H2,(H,23,25). The van der Waals surface area contributed by atoms with Gasteiger partial charge in [0.2, 0.25) is 0 Å². The Kier molecular flexibility index (Phi) is 5.29. The van der Waals surface area contributed by atoms with Crippen LogP contribution in [0.4, 0.5) is 18.0 Å². The average Bonchev–Trinajstić information content (AvgIpc) is 3.10. The highest BCUT2D eigenvalue weighted by Gasteiger charge is 2.32. The van der Waals surface area contributed by atoms with Crippen molar-refractivity contribution in [1.82, 2.24) is 15.2 Å². The van der Waals surface area contributed by atoms with Crippen LogP contribution in [0.2, 0.25) is 0 Å². The second-order valence-corrected chi connectivity index (χ2v) is 6.03. The number of alkyl halides is 3. The van der Waals surface area contributed by atoms with Gasteiger partial charge < -0.3 is 15.0 Å². The predicted molar refractivity (Wildman–Crippen MR) is 88.5 cm³/mol. The second-order valence-electron chi connectivity index (χ2n) is 6.03. The summed E-state index contributed by atoms with van der Waals surface area (Å²) in [5.74, 6) is -0.0685. The van der Waals surface area contributed by atoms with Crippen LogP contribution in [0.1, 0.15) is 23.5 Å². The van der Waals surface area contributed by atoms with E-state index < -0.39 is 6.36 Å². The molecular formula is C18H18F3N3O2. The number of carbonyl (C=O) groups is 1. The van der Waals surface area contributed by atoms with Crippen LogP contribution in [0.5, 0.6) is 5.75 Å². The highest BCUT2D eigenvalue weighted by molar-refractivity contribution is 5.74. The molecule has 1 saturated heterocycles. The lowest BCUT2D eigenvalue weighted by Crippen LogP contribution is -2.38. The van der Waals surface area contributed by atoms with E-state index in [1.54, 1.807) is 23.4 Å². The Morgan fingerprint density at radius 3 is 2.69 bits per heavy atom. The van der Waals surface area contributed by atoms with Gasteiger partial charge in [0.1, 0.15) is 5.75 Å². The third-order valence-corrected chi connectivity index (χ3v) is 4.28. The Labute approximate surface area is 148 Å². The molecule has 1 aliphatic rings. The highest BCUT2D eigenvalue weighted by Crippen LogP contribution is 2.28. The summed E-state index contributed by atoms with van der Waals surface area (Å²) in [6, 6.07) is 9.32. The summed E-state index contributed by atoms with van der Waals surface area (Å²) >= 11 is 0. The van der Waals surface area contributed by atoms with Crippen LogP contribution in [0, 0.1) is 0 Å². The minimum atomic E-state index is -4.77. The monoisotopic (exact) mass is 365 g/mol. The molecule has 2 aromatic rings. The number of hydrogen-bond donors (Lipinski definition) is 1.